The highest BCUT2D eigenvalue weighted by Crippen LogP contribution is 2.29. The maximum Gasteiger partial charge on any atom is 0.0898 e. The Bertz CT molecular complexity index is 253. The smallest absolute Gasteiger partial charge is 0.0898 e. The Hall–Kier alpha value is -0.120. The Morgan fingerprint density at radius 2 is 1.85 bits per heavy atom. The molecule has 3 unspecified atom stereocenters. The predicted molar refractivity (Wildman–Crippen MR) is 85.0 cm³/mol. The van der Waals surface area contributed by atoms with E-state index in [4.69, 9.17) is 4.74 Å². The molecule has 3 atom stereocenters. The third kappa shape index (κ3) is 5.71. The van der Waals surface area contributed by atoms with Gasteiger partial charge in [0.05, 0.1) is 18.8 Å². The van der Waals surface area contributed by atoms with Crippen LogP contribution >= 0.6 is 0 Å². The Morgan fingerprint density at radius 3 is 2.45 bits per heavy atom. The van der Waals surface area contributed by atoms with Crippen molar-refractivity contribution in [3.63, 3.8) is 0 Å². The Labute approximate surface area is 125 Å². The molecule has 1 fully saturated rings. The van der Waals surface area contributed by atoms with Crippen LogP contribution in [0.1, 0.15) is 72.6 Å². The Kier molecular flexibility index (Phi) is 8.08. The molecular formula is C17H35NO2. The minimum atomic E-state index is -0.396. The van der Waals surface area contributed by atoms with Gasteiger partial charge in [-0.05, 0) is 38.5 Å². The molecule has 0 saturated heterocycles. The van der Waals surface area contributed by atoms with E-state index in [0.29, 0.717) is 25.2 Å². The minimum absolute atomic E-state index is 0.137. The molecule has 3 heteroatoms. The molecule has 0 aliphatic heterocycles. The van der Waals surface area contributed by atoms with Gasteiger partial charge in [0, 0.05) is 12.1 Å². The zero-order valence-electron chi connectivity index (χ0n) is 14.0. The van der Waals surface area contributed by atoms with Crippen molar-refractivity contribution in [3.05, 3.63) is 0 Å². The second-order valence-electron chi connectivity index (χ2n) is 6.63. The maximum absolute atomic E-state index is 10.1. The van der Waals surface area contributed by atoms with E-state index in [2.05, 4.69) is 33.0 Å². The number of nitrogens with one attached hydrogen (secondary N) is 1. The van der Waals surface area contributed by atoms with Crippen LogP contribution in [0, 0.1) is 5.92 Å². The second-order valence-corrected chi connectivity index (χ2v) is 6.63. The van der Waals surface area contributed by atoms with Crippen LogP contribution in [0.5, 0.6) is 0 Å². The van der Waals surface area contributed by atoms with Gasteiger partial charge in [-0.1, -0.05) is 40.0 Å². The van der Waals surface area contributed by atoms with Gasteiger partial charge in [-0.25, -0.2) is 0 Å². The summed E-state index contributed by atoms with van der Waals surface area (Å²) in [5, 5.41) is 13.6. The Morgan fingerprint density at radius 1 is 1.20 bits per heavy atom. The van der Waals surface area contributed by atoms with E-state index in [1.807, 2.05) is 0 Å². The fourth-order valence-electron chi connectivity index (χ4n) is 3.02. The molecule has 3 nitrogen and oxygen atoms in total. The predicted octanol–water partition coefficient (Wildman–Crippen LogP) is 3.50. The van der Waals surface area contributed by atoms with Crippen molar-refractivity contribution >= 4 is 0 Å². The van der Waals surface area contributed by atoms with Gasteiger partial charge in [-0.2, -0.15) is 0 Å². The molecule has 1 rings (SSSR count). The fraction of sp³-hybridized carbons (Fsp3) is 1.00. The van der Waals surface area contributed by atoms with Gasteiger partial charge in [-0.3, -0.25) is 0 Å². The van der Waals surface area contributed by atoms with Crippen molar-refractivity contribution in [2.24, 2.45) is 5.92 Å². The van der Waals surface area contributed by atoms with Crippen molar-refractivity contribution in [3.8, 4) is 0 Å². The molecule has 0 spiro atoms. The molecule has 1 aliphatic rings. The van der Waals surface area contributed by atoms with E-state index in [-0.39, 0.29) is 5.54 Å². The summed E-state index contributed by atoms with van der Waals surface area (Å²) in [7, 11) is 0. The molecule has 20 heavy (non-hydrogen) atoms. The third-order valence-electron chi connectivity index (χ3n) is 5.19. The molecule has 2 N–H and O–H groups in total. The quantitative estimate of drug-likeness (QED) is 0.681. The van der Waals surface area contributed by atoms with E-state index >= 15 is 0 Å². The first-order valence-electron chi connectivity index (χ1n) is 8.59. The van der Waals surface area contributed by atoms with E-state index in [0.717, 1.165) is 12.8 Å². The number of ether oxygens (including phenoxy) is 1. The highest BCUT2D eigenvalue weighted by molar-refractivity contribution is 4.81. The lowest BCUT2D eigenvalue weighted by Crippen LogP contribution is -2.46. The minimum Gasteiger partial charge on any atom is -0.389 e. The summed E-state index contributed by atoms with van der Waals surface area (Å²) in [6.07, 6.45) is 8.41. The molecule has 0 aromatic carbocycles. The monoisotopic (exact) mass is 285 g/mol. The van der Waals surface area contributed by atoms with Gasteiger partial charge in [0.15, 0.2) is 0 Å². The first-order chi connectivity index (χ1) is 9.54. The van der Waals surface area contributed by atoms with Gasteiger partial charge < -0.3 is 15.2 Å². The molecular weight excluding hydrogens is 250 g/mol. The second kappa shape index (κ2) is 9.01. The van der Waals surface area contributed by atoms with Gasteiger partial charge in [0.25, 0.3) is 0 Å². The Balaban J connectivity index is 2.26. The van der Waals surface area contributed by atoms with E-state index in [1.54, 1.807) is 0 Å². The molecule has 0 heterocycles. The fourth-order valence-corrected chi connectivity index (χ4v) is 3.02. The zero-order valence-corrected chi connectivity index (χ0v) is 14.0. The number of β-amino-alcohol motifs (C(OH)–C–C–N with tert-alkyl or cyclic N) is 1. The SMILES string of the molecule is CCC1CCCCC1OCC(O)CNC(C)(CC)CC. The van der Waals surface area contributed by atoms with Gasteiger partial charge in [0.2, 0.25) is 0 Å². The molecule has 1 aliphatic carbocycles. The lowest BCUT2D eigenvalue weighted by molar-refractivity contribution is -0.0511. The molecule has 0 amide bonds. The van der Waals surface area contributed by atoms with E-state index < -0.39 is 6.10 Å². The first kappa shape index (κ1) is 17.9. The lowest BCUT2D eigenvalue weighted by Gasteiger charge is -2.32. The van der Waals surface area contributed by atoms with Crippen molar-refractivity contribution in [1.82, 2.24) is 5.32 Å². The van der Waals surface area contributed by atoms with Gasteiger partial charge in [-0.15, -0.1) is 0 Å². The van der Waals surface area contributed by atoms with E-state index in [1.165, 1.54) is 32.1 Å². The molecule has 0 aromatic heterocycles. The van der Waals surface area contributed by atoms with E-state index in [9.17, 15) is 5.11 Å². The zero-order chi connectivity index (χ0) is 15.0. The molecule has 0 radical (unpaired) electrons. The number of hydrogen-bond donors (Lipinski definition) is 2. The summed E-state index contributed by atoms with van der Waals surface area (Å²) in [6, 6.07) is 0. The normalized spacial score (nSPS) is 25.6. The van der Waals surface area contributed by atoms with Crippen LogP contribution in [0.25, 0.3) is 0 Å². The number of rotatable bonds is 9. The number of aliphatic hydroxyl groups excluding tert-OH is 1. The van der Waals surface area contributed by atoms with Crippen LogP contribution < -0.4 is 5.32 Å². The standard InChI is InChI=1S/C17H35NO2/c1-5-14-10-8-9-11-16(14)20-13-15(19)12-18-17(4,6-2)7-3/h14-16,18-19H,5-13H2,1-4H3. The van der Waals surface area contributed by atoms with Crippen molar-refractivity contribution < 1.29 is 9.84 Å². The van der Waals surface area contributed by atoms with Crippen LogP contribution in [0.4, 0.5) is 0 Å². The largest absolute Gasteiger partial charge is 0.389 e. The molecule has 0 bridgehead atoms. The topological polar surface area (TPSA) is 41.5 Å². The van der Waals surface area contributed by atoms with Gasteiger partial charge >= 0.3 is 0 Å². The summed E-state index contributed by atoms with van der Waals surface area (Å²) >= 11 is 0. The molecule has 0 aromatic rings. The molecule has 120 valence electrons. The summed E-state index contributed by atoms with van der Waals surface area (Å²) in [4.78, 5) is 0. The summed E-state index contributed by atoms with van der Waals surface area (Å²) in [5.41, 5.74) is 0.137. The van der Waals surface area contributed by atoms with Crippen molar-refractivity contribution in [2.45, 2.75) is 90.4 Å². The first-order valence-corrected chi connectivity index (χ1v) is 8.59. The summed E-state index contributed by atoms with van der Waals surface area (Å²) < 4.78 is 5.99. The van der Waals surface area contributed by atoms with Crippen molar-refractivity contribution in [1.29, 1.82) is 0 Å². The van der Waals surface area contributed by atoms with Crippen molar-refractivity contribution in [2.75, 3.05) is 13.2 Å². The third-order valence-corrected chi connectivity index (χ3v) is 5.19. The van der Waals surface area contributed by atoms with Crippen LogP contribution in [0.2, 0.25) is 0 Å². The average Bonchev–Trinajstić information content (AvgIpc) is 2.50. The number of hydrogen-bond acceptors (Lipinski definition) is 3. The van der Waals surface area contributed by atoms with Crippen LogP contribution in [0.3, 0.4) is 0 Å². The van der Waals surface area contributed by atoms with Crippen LogP contribution in [0.15, 0.2) is 0 Å². The highest BCUT2D eigenvalue weighted by Gasteiger charge is 2.25. The van der Waals surface area contributed by atoms with Crippen LogP contribution in [-0.4, -0.2) is 36.0 Å². The maximum atomic E-state index is 10.1. The summed E-state index contributed by atoms with van der Waals surface area (Å²) in [5.74, 6) is 0.695. The average molecular weight is 285 g/mol. The van der Waals surface area contributed by atoms with Crippen LogP contribution in [-0.2, 0) is 4.74 Å². The highest BCUT2D eigenvalue weighted by atomic mass is 16.5. The number of aliphatic hydroxyl groups is 1. The lowest BCUT2D eigenvalue weighted by atomic mass is 9.85. The van der Waals surface area contributed by atoms with Gasteiger partial charge in [0.1, 0.15) is 0 Å². The molecule has 1 saturated carbocycles. The summed E-state index contributed by atoms with van der Waals surface area (Å²) in [6.45, 7) is 9.94.